The number of nitrogens with zero attached hydrogens (tertiary/aromatic N) is 3. The average Bonchev–Trinajstić information content (AvgIpc) is 2.86. The van der Waals surface area contributed by atoms with Gasteiger partial charge in [-0.05, 0) is 25.6 Å². The summed E-state index contributed by atoms with van der Waals surface area (Å²) in [5, 5.41) is 8.96. The van der Waals surface area contributed by atoms with Gasteiger partial charge in [0.25, 0.3) is 0 Å². The SMILES string of the molecule is CCNC(Cc1ncnn1CC)c1c(Cl)cccc1Cl. The van der Waals surface area contributed by atoms with Gasteiger partial charge in [0.15, 0.2) is 0 Å². The lowest BCUT2D eigenvalue weighted by atomic mass is 10.0. The van der Waals surface area contributed by atoms with Crippen LogP contribution in [0.3, 0.4) is 0 Å². The molecule has 20 heavy (non-hydrogen) atoms. The van der Waals surface area contributed by atoms with Crippen molar-refractivity contribution in [1.82, 2.24) is 20.1 Å². The van der Waals surface area contributed by atoms with Gasteiger partial charge in [-0.1, -0.05) is 36.2 Å². The Morgan fingerprint density at radius 3 is 2.55 bits per heavy atom. The van der Waals surface area contributed by atoms with E-state index < -0.39 is 0 Å². The van der Waals surface area contributed by atoms with Crippen LogP contribution >= 0.6 is 23.2 Å². The molecule has 0 aliphatic rings. The molecule has 1 N–H and O–H groups in total. The number of aryl methyl sites for hydroxylation is 1. The smallest absolute Gasteiger partial charge is 0.138 e. The van der Waals surface area contributed by atoms with Crippen molar-refractivity contribution in [3.63, 3.8) is 0 Å². The molecule has 2 rings (SSSR count). The van der Waals surface area contributed by atoms with Crippen LogP contribution in [-0.2, 0) is 13.0 Å². The first-order valence-corrected chi connectivity index (χ1v) is 7.46. The van der Waals surface area contributed by atoms with Crippen molar-refractivity contribution in [2.45, 2.75) is 32.9 Å². The molecule has 0 fully saturated rings. The molecule has 0 aliphatic heterocycles. The first-order chi connectivity index (χ1) is 9.67. The molecular weight excluding hydrogens is 295 g/mol. The number of nitrogens with one attached hydrogen (secondary N) is 1. The fourth-order valence-electron chi connectivity index (χ4n) is 2.26. The van der Waals surface area contributed by atoms with E-state index in [1.807, 2.05) is 29.8 Å². The van der Waals surface area contributed by atoms with E-state index in [9.17, 15) is 0 Å². The Morgan fingerprint density at radius 2 is 1.95 bits per heavy atom. The molecule has 0 amide bonds. The monoisotopic (exact) mass is 312 g/mol. The van der Waals surface area contributed by atoms with Gasteiger partial charge in [0.1, 0.15) is 12.2 Å². The van der Waals surface area contributed by atoms with Crippen LogP contribution in [-0.4, -0.2) is 21.3 Å². The van der Waals surface area contributed by atoms with Crippen LogP contribution in [0.25, 0.3) is 0 Å². The normalized spacial score (nSPS) is 12.6. The van der Waals surface area contributed by atoms with Gasteiger partial charge >= 0.3 is 0 Å². The molecule has 0 saturated carbocycles. The lowest BCUT2D eigenvalue weighted by Crippen LogP contribution is -2.25. The summed E-state index contributed by atoms with van der Waals surface area (Å²) in [4.78, 5) is 4.32. The van der Waals surface area contributed by atoms with Crippen molar-refractivity contribution >= 4 is 23.2 Å². The van der Waals surface area contributed by atoms with Crippen LogP contribution in [0.2, 0.25) is 10.0 Å². The van der Waals surface area contributed by atoms with Crippen molar-refractivity contribution in [2.24, 2.45) is 0 Å². The highest BCUT2D eigenvalue weighted by molar-refractivity contribution is 6.36. The Morgan fingerprint density at radius 1 is 1.25 bits per heavy atom. The first kappa shape index (κ1) is 15.3. The third-order valence-corrected chi connectivity index (χ3v) is 3.84. The number of hydrogen-bond acceptors (Lipinski definition) is 3. The van der Waals surface area contributed by atoms with E-state index in [-0.39, 0.29) is 6.04 Å². The molecule has 1 atom stereocenters. The Kier molecular flexibility index (Phi) is 5.40. The van der Waals surface area contributed by atoms with E-state index in [4.69, 9.17) is 23.2 Å². The zero-order chi connectivity index (χ0) is 14.5. The van der Waals surface area contributed by atoms with E-state index in [0.29, 0.717) is 16.5 Å². The summed E-state index contributed by atoms with van der Waals surface area (Å²) in [5.41, 5.74) is 0.920. The summed E-state index contributed by atoms with van der Waals surface area (Å²) in [6.07, 6.45) is 2.28. The third-order valence-electron chi connectivity index (χ3n) is 3.18. The van der Waals surface area contributed by atoms with E-state index in [1.54, 1.807) is 6.33 Å². The average molecular weight is 313 g/mol. The maximum atomic E-state index is 6.31. The predicted molar refractivity (Wildman–Crippen MR) is 82.3 cm³/mol. The third kappa shape index (κ3) is 3.32. The van der Waals surface area contributed by atoms with E-state index >= 15 is 0 Å². The first-order valence-electron chi connectivity index (χ1n) is 6.71. The molecule has 2 aromatic rings. The fraction of sp³-hybridized carbons (Fsp3) is 0.429. The van der Waals surface area contributed by atoms with Crippen molar-refractivity contribution in [3.8, 4) is 0 Å². The standard InChI is InChI=1S/C14H18Cl2N4/c1-3-17-12(8-13-18-9-19-20(13)4-2)14-10(15)6-5-7-11(14)16/h5-7,9,12,17H,3-4,8H2,1-2H3. The van der Waals surface area contributed by atoms with Gasteiger partial charge in [0.2, 0.25) is 0 Å². The van der Waals surface area contributed by atoms with E-state index in [1.165, 1.54) is 0 Å². The van der Waals surface area contributed by atoms with Gasteiger partial charge in [-0.15, -0.1) is 0 Å². The number of benzene rings is 1. The van der Waals surface area contributed by atoms with Crippen molar-refractivity contribution in [3.05, 3.63) is 46.0 Å². The van der Waals surface area contributed by atoms with Gasteiger partial charge in [-0.3, -0.25) is 4.68 Å². The molecule has 0 spiro atoms. The molecule has 6 heteroatoms. The summed E-state index contributed by atoms with van der Waals surface area (Å²) in [7, 11) is 0. The molecule has 0 aliphatic carbocycles. The zero-order valence-electron chi connectivity index (χ0n) is 11.6. The highest BCUT2D eigenvalue weighted by atomic mass is 35.5. The molecule has 0 bridgehead atoms. The summed E-state index contributed by atoms with van der Waals surface area (Å²) in [6, 6.07) is 5.59. The second-order valence-corrected chi connectivity index (χ2v) is 5.26. The van der Waals surface area contributed by atoms with Crippen LogP contribution in [0, 0.1) is 0 Å². The topological polar surface area (TPSA) is 42.7 Å². The number of aromatic nitrogens is 3. The van der Waals surface area contributed by atoms with Gasteiger partial charge in [0, 0.05) is 34.6 Å². The predicted octanol–water partition coefficient (Wildman–Crippen LogP) is 3.50. The van der Waals surface area contributed by atoms with Crippen molar-refractivity contribution < 1.29 is 0 Å². The molecular formula is C14H18Cl2N4. The van der Waals surface area contributed by atoms with Gasteiger partial charge in [-0.25, -0.2) is 4.98 Å². The quantitative estimate of drug-likeness (QED) is 0.887. The van der Waals surface area contributed by atoms with Crippen LogP contribution in [0.5, 0.6) is 0 Å². The minimum absolute atomic E-state index is 0.0238. The molecule has 1 aromatic carbocycles. The lowest BCUT2D eigenvalue weighted by molar-refractivity contribution is 0.510. The minimum atomic E-state index is 0.0238. The second kappa shape index (κ2) is 7.07. The summed E-state index contributed by atoms with van der Waals surface area (Å²) in [5.74, 6) is 0.925. The maximum absolute atomic E-state index is 6.31. The molecule has 1 aromatic heterocycles. The second-order valence-electron chi connectivity index (χ2n) is 4.44. The molecule has 108 valence electrons. The highest BCUT2D eigenvalue weighted by Gasteiger charge is 2.20. The van der Waals surface area contributed by atoms with Crippen molar-refractivity contribution in [1.29, 1.82) is 0 Å². The fourth-order valence-corrected chi connectivity index (χ4v) is 2.92. The van der Waals surface area contributed by atoms with Crippen LogP contribution < -0.4 is 5.32 Å². The van der Waals surface area contributed by atoms with Gasteiger partial charge in [0.05, 0.1) is 0 Å². The minimum Gasteiger partial charge on any atom is -0.310 e. The molecule has 1 unspecified atom stereocenters. The molecule has 0 radical (unpaired) electrons. The van der Waals surface area contributed by atoms with Gasteiger partial charge < -0.3 is 5.32 Å². The Labute approximate surface area is 129 Å². The Hall–Kier alpha value is -1.10. The lowest BCUT2D eigenvalue weighted by Gasteiger charge is -2.20. The zero-order valence-corrected chi connectivity index (χ0v) is 13.1. The number of halogens is 2. The van der Waals surface area contributed by atoms with Crippen LogP contribution in [0.15, 0.2) is 24.5 Å². The molecule has 0 saturated heterocycles. The Bertz CT molecular complexity index is 548. The number of likely N-dealkylation sites (N-methyl/N-ethyl adjacent to an activating group) is 1. The molecule has 1 heterocycles. The van der Waals surface area contributed by atoms with Crippen LogP contribution in [0.4, 0.5) is 0 Å². The van der Waals surface area contributed by atoms with Crippen molar-refractivity contribution in [2.75, 3.05) is 6.54 Å². The molecule has 4 nitrogen and oxygen atoms in total. The summed E-state index contributed by atoms with van der Waals surface area (Å²) in [6.45, 7) is 5.72. The Balaban J connectivity index is 2.32. The summed E-state index contributed by atoms with van der Waals surface area (Å²) < 4.78 is 1.88. The largest absolute Gasteiger partial charge is 0.310 e. The van der Waals surface area contributed by atoms with E-state index in [0.717, 1.165) is 24.5 Å². The summed E-state index contributed by atoms with van der Waals surface area (Å²) >= 11 is 12.6. The van der Waals surface area contributed by atoms with E-state index in [2.05, 4.69) is 22.3 Å². The highest BCUT2D eigenvalue weighted by Crippen LogP contribution is 2.31. The maximum Gasteiger partial charge on any atom is 0.138 e. The van der Waals surface area contributed by atoms with Crippen LogP contribution in [0.1, 0.15) is 31.3 Å². The van der Waals surface area contributed by atoms with Gasteiger partial charge in [-0.2, -0.15) is 5.10 Å². The number of rotatable bonds is 6. The number of hydrogen-bond donors (Lipinski definition) is 1.